The summed E-state index contributed by atoms with van der Waals surface area (Å²) in [7, 11) is -2.16. The fourth-order valence-corrected chi connectivity index (χ4v) is 3.94. The van der Waals surface area contributed by atoms with Crippen molar-refractivity contribution in [1.29, 1.82) is 0 Å². The highest BCUT2D eigenvalue weighted by atomic mass is 32.2. The van der Waals surface area contributed by atoms with E-state index >= 15 is 0 Å². The van der Waals surface area contributed by atoms with Crippen LogP contribution < -0.4 is 0 Å². The lowest BCUT2D eigenvalue weighted by Crippen LogP contribution is -2.53. The molecule has 1 saturated heterocycles. The summed E-state index contributed by atoms with van der Waals surface area (Å²) in [5, 5.41) is 9.11. The van der Waals surface area contributed by atoms with E-state index in [4.69, 9.17) is 5.11 Å². The molecule has 0 aliphatic carbocycles. The molecule has 0 amide bonds. The molecular weight excluding hydrogens is 256 g/mol. The Bertz CT molecular complexity index is 394. The number of nitrogens with zero attached hydrogens (tertiary/aromatic N) is 2. The molecule has 0 saturated carbocycles. The summed E-state index contributed by atoms with van der Waals surface area (Å²) >= 11 is 0. The molecule has 1 aliphatic heterocycles. The minimum absolute atomic E-state index is 0.206. The molecule has 106 valence electrons. The molecule has 1 heterocycles. The summed E-state index contributed by atoms with van der Waals surface area (Å²) in [6.07, 6.45) is 1.87. The lowest BCUT2D eigenvalue weighted by Gasteiger charge is -2.35. The number of hydrogen-bond donors (Lipinski definition) is 1. The Labute approximate surface area is 109 Å². The number of carboxylic acids is 1. The van der Waals surface area contributed by atoms with Crippen molar-refractivity contribution >= 4 is 16.2 Å². The fraction of sp³-hybridized carbons (Fsp3) is 0.909. The largest absolute Gasteiger partial charge is 0.480 e. The highest BCUT2D eigenvalue weighted by Crippen LogP contribution is 2.22. The van der Waals surface area contributed by atoms with E-state index in [1.54, 1.807) is 0 Å². The second kappa shape index (κ2) is 5.99. The van der Waals surface area contributed by atoms with E-state index in [0.717, 1.165) is 17.1 Å². The average Bonchev–Trinajstić information content (AvgIpc) is 2.28. The minimum atomic E-state index is -3.67. The van der Waals surface area contributed by atoms with Gasteiger partial charge in [-0.25, -0.2) is 0 Å². The van der Waals surface area contributed by atoms with Gasteiger partial charge < -0.3 is 5.11 Å². The van der Waals surface area contributed by atoms with Crippen molar-refractivity contribution in [2.45, 2.75) is 39.2 Å². The van der Waals surface area contributed by atoms with Gasteiger partial charge in [-0.05, 0) is 25.2 Å². The lowest BCUT2D eigenvalue weighted by molar-refractivity contribution is -0.142. The standard InChI is InChI=1S/C11H22N2O4S/c1-9(2)8-12(3)18(16,17)13-7-5-4-6-10(13)11(14)15/h9-10H,4-8H2,1-3H3,(H,14,15). The van der Waals surface area contributed by atoms with E-state index in [-0.39, 0.29) is 5.92 Å². The summed E-state index contributed by atoms with van der Waals surface area (Å²) in [4.78, 5) is 11.1. The van der Waals surface area contributed by atoms with Gasteiger partial charge in [0.1, 0.15) is 6.04 Å². The predicted molar refractivity (Wildman–Crippen MR) is 68.4 cm³/mol. The zero-order valence-electron chi connectivity index (χ0n) is 11.2. The van der Waals surface area contributed by atoms with Gasteiger partial charge in [-0.15, -0.1) is 0 Å². The summed E-state index contributed by atoms with van der Waals surface area (Å²) in [5.74, 6) is -0.853. The van der Waals surface area contributed by atoms with Crippen LogP contribution in [0.5, 0.6) is 0 Å². The Morgan fingerprint density at radius 1 is 1.44 bits per heavy atom. The highest BCUT2D eigenvalue weighted by Gasteiger charge is 2.38. The van der Waals surface area contributed by atoms with Gasteiger partial charge in [-0.2, -0.15) is 17.0 Å². The van der Waals surface area contributed by atoms with Gasteiger partial charge >= 0.3 is 5.97 Å². The molecular formula is C11H22N2O4S. The third-order valence-electron chi connectivity index (χ3n) is 3.05. The van der Waals surface area contributed by atoms with Crippen LogP contribution in [0.3, 0.4) is 0 Å². The molecule has 1 atom stereocenters. The van der Waals surface area contributed by atoms with Crippen LogP contribution in [0.4, 0.5) is 0 Å². The van der Waals surface area contributed by atoms with Crippen molar-refractivity contribution in [2.75, 3.05) is 20.1 Å². The van der Waals surface area contributed by atoms with Crippen LogP contribution in [0.1, 0.15) is 33.1 Å². The van der Waals surface area contributed by atoms with Crippen LogP contribution in [0.15, 0.2) is 0 Å². The van der Waals surface area contributed by atoms with Gasteiger partial charge in [0.25, 0.3) is 10.2 Å². The smallest absolute Gasteiger partial charge is 0.322 e. The van der Waals surface area contributed by atoms with Crippen molar-refractivity contribution in [1.82, 2.24) is 8.61 Å². The predicted octanol–water partition coefficient (Wildman–Crippen LogP) is 0.758. The second-order valence-corrected chi connectivity index (χ2v) is 7.13. The van der Waals surface area contributed by atoms with Crippen LogP contribution in [0.25, 0.3) is 0 Å². The number of carboxylic acid groups (broad SMARTS) is 1. The quantitative estimate of drug-likeness (QED) is 0.805. The average molecular weight is 278 g/mol. The Kier molecular flexibility index (Phi) is 5.12. The molecule has 1 unspecified atom stereocenters. The maximum atomic E-state index is 12.3. The van der Waals surface area contributed by atoms with E-state index in [1.165, 1.54) is 11.4 Å². The first-order valence-corrected chi connectivity index (χ1v) is 7.62. The van der Waals surface area contributed by atoms with Gasteiger partial charge in [-0.1, -0.05) is 13.8 Å². The van der Waals surface area contributed by atoms with Gasteiger partial charge in [-0.3, -0.25) is 4.79 Å². The number of carbonyl (C=O) groups is 1. The van der Waals surface area contributed by atoms with Crippen LogP contribution in [-0.4, -0.2) is 54.3 Å². The maximum absolute atomic E-state index is 12.3. The number of rotatable bonds is 5. The number of aliphatic carboxylic acids is 1. The summed E-state index contributed by atoms with van der Waals surface area (Å²) < 4.78 is 27.0. The fourth-order valence-electron chi connectivity index (χ4n) is 2.22. The molecule has 1 fully saturated rings. The molecule has 7 heteroatoms. The lowest BCUT2D eigenvalue weighted by atomic mass is 10.1. The van der Waals surface area contributed by atoms with Crippen molar-refractivity contribution < 1.29 is 18.3 Å². The Morgan fingerprint density at radius 3 is 2.56 bits per heavy atom. The topological polar surface area (TPSA) is 77.9 Å². The Morgan fingerprint density at radius 2 is 2.06 bits per heavy atom. The summed E-state index contributed by atoms with van der Waals surface area (Å²) in [6, 6.07) is -0.918. The Balaban J connectivity index is 2.90. The normalized spacial score (nSPS) is 22.6. The molecule has 1 aliphatic rings. The third-order valence-corrected chi connectivity index (χ3v) is 5.02. The van der Waals surface area contributed by atoms with Crippen molar-refractivity contribution in [3.05, 3.63) is 0 Å². The molecule has 0 aromatic rings. The molecule has 0 spiro atoms. The van der Waals surface area contributed by atoms with Gasteiger partial charge in [0, 0.05) is 20.1 Å². The van der Waals surface area contributed by atoms with E-state index in [9.17, 15) is 13.2 Å². The third kappa shape index (κ3) is 3.43. The van der Waals surface area contributed by atoms with E-state index in [0.29, 0.717) is 19.5 Å². The van der Waals surface area contributed by atoms with Gasteiger partial charge in [0.05, 0.1) is 0 Å². The first kappa shape index (κ1) is 15.4. The molecule has 6 nitrogen and oxygen atoms in total. The van der Waals surface area contributed by atoms with Crippen molar-refractivity contribution in [2.24, 2.45) is 5.92 Å². The van der Waals surface area contributed by atoms with E-state index < -0.39 is 22.2 Å². The first-order chi connectivity index (χ1) is 8.26. The van der Waals surface area contributed by atoms with E-state index in [2.05, 4.69) is 0 Å². The molecule has 1 rings (SSSR count). The van der Waals surface area contributed by atoms with Gasteiger partial charge in [0.2, 0.25) is 0 Å². The van der Waals surface area contributed by atoms with Crippen molar-refractivity contribution in [3.63, 3.8) is 0 Å². The SMILES string of the molecule is CC(C)CN(C)S(=O)(=O)N1CCCCC1C(=O)O. The molecule has 1 N–H and O–H groups in total. The zero-order valence-corrected chi connectivity index (χ0v) is 12.0. The van der Waals surface area contributed by atoms with Crippen LogP contribution in [0.2, 0.25) is 0 Å². The first-order valence-electron chi connectivity index (χ1n) is 6.22. The van der Waals surface area contributed by atoms with E-state index in [1.807, 2.05) is 13.8 Å². The molecule has 0 radical (unpaired) electrons. The zero-order chi connectivity index (χ0) is 13.9. The molecule has 0 aromatic heterocycles. The molecule has 18 heavy (non-hydrogen) atoms. The highest BCUT2D eigenvalue weighted by molar-refractivity contribution is 7.86. The minimum Gasteiger partial charge on any atom is -0.480 e. The maximum Gasteiger partial charge on any atom is 0.322 e. The molecule has 0 bridgehead atoms. The summed E-state index contributed by atoms with van der Waals surface area (Å²) in [5.41, 5.74) is 0. The van der Waals surface area contributed by atoms with Crippen molar-refractivity contribution in [3.8, 4) is 0 Å². The van der Waals surface area contributed by atoms with Crippen LogP contribution >= 0.6 is 0 Å². The monoisotopic (exact) mass is 278 g/mol. The van der Waals surface area contributed by atoms with Crippen LogP contribution in [0, 0.1) is 5.92 Å². The van der Waals surface area contributed by atoms with Gasteiger partial charge in [0.15, 0.2) is 0 Å². The summed E-state index contributed by atoms with van der Waals surface area (Å²) in [6.45, 7) is 4.54. The Hall–Kier alpha value is -0.660. The number of piperidine rings is 1. The van der Waals surface area contributed by atoms with Crippen LogP contribution in [-0.2, 0) is 15.0 Å². The second-order valence-electron chi connectivity index (χ2n) is 5.14. The molecule has 0 aromatic carbocycles. The number of hydrogen-bond acceptors (Lipinski definition) is 3.